The van der Waals surface area contributed by atoms with E-state index < -0.39 is 34.0 Å². The topological polar surface area (TPSA) is 131 Å². The molecular weight excluding hydrogens is 398 g/mol. The fourth-order valence-electron chi connectivity index (χ4n) is 2.83. The minimum atomic E-state index is -3.81. The van der Waals surface area contributed by atoms with E-state index in [1.54, 1.807) is 0 Å². The number of esters is 1. The Balaban J connectivity index is 1.94. The molecule has 0 heterocycles. The molecule has 1 atom stereocenters. The minimum Gasteiger partial charge on any atom is -0.449 e. The van der Waals surface area contributed by atoms with Crippen LogP contribution in [0.5, 0.6) is 0 Å². The Morgan fingerprint density at radius 3 is 2.62 bits per heavy atom. The average Bonchev–Trinajstić information content (AvgIpc) is 3.19. The second-order valence-corrected chi connectivity index (χ2v) is 8.43. The first kappa shape index (κ1) is 22.6. The molecule has 0 radical (unpaired) electrons. The van der Waals surface area contributed by atoms with Crippen LogP contribution in [-0.2, 0) is 19.6 Å². The van der Waals surface area contributed by atoms with Crippen LogP contribution < -0.4 is 15.4 Å². The molecule has 1 aromatic rings. The van der Waals surface area contributed by atoms with Gasteiger partial charge in [-0.25, -0.2) is 22.7 Å². The predicted octanol–water partition coefficient (Wildman–Crippen LogP) is 1.46. The van der Waals surface area contributed by atoms with Crippen LogP contribution in [-0.4, -0.2) is 45.0 Å². The molecular formula is C19H25N3O6S. The molecule has 2 rings (SSSR count). The van der Waals surface area contributed by atoms with E-state index in [1.165, 1.54) is 31.2 Å². The molecule has 0 bridgehead atoms. The maximum absolute atomic E-state index is 12.3. The second kappa shape index (κ2) is 10.2. The van der Waals surface area contributed by atoms with Crippen molar-refractivity contribution in [2.75, 3.05) is 6.54 Å². The summed E-state index contributed by atoms with van der Waals surface area (Å²) in [5.41, 5.74) is -0.0402. The number of rotatable bonds is 8. The van der Waals surface area contributed by atoms with Crippen molar-refractivity contribution < 1.29 is 27.5 Å². The largest absolute Gasteiger partial charge is 0.449 e. The van der Waals surface area contributed by atoms with Crippen molar-refractivity contribution in [2.45, 2.75) is 49.6 Å². The molecule has 0 spiro atoms. The zero-order valence-electron chi connectivity index (χ0n) is 16.1. The first-order valence-electron chi connectivity index (χ1n) is 9.26. The van der Waals surface area contributed by atoms with E-state index in [1.807, 2.05) is 0 Å². The van der Waals surface area contributed by atoms with Crippen molar-refractivity contribution >= 4 is 27.9 Å². The molecule has 1 aliphatic carbocycles. The molecule has 1 saturated carbocycles. The van der Waals surface area contributed by atoms with Gasteiger partial charge in [0.1, 0.15) is 0 Å². The summed E-state index contributed by atoms with van der Waals surface area (Å²) in [4.78, 5) is 36.1. The number of hydrogen-bond acceptors (Lipinski definition) is 6. The highest BCUT2D eigenvalue weighted by Gasteiger charge is 2.24. The number of benzene rings is 1. The number of ether oxygens (including phenoxy) is 1. The molecule has 29 heavy (non-hydrogen) atoms. The van der Waals surface area contributed by atoms with Gasteiger partial charge in [-0.3, -0.25) is 10.1 Å². The van der Waals surface area contributed by atoms with E-state index in [-0.39, 0.29) is 23.0 Å². The first-order valence-corrected chi connectivity index (χ1v) is 10.7. The van der Waals surface area contributed by atoms with Gasteiger partial charge in [0.15, 0.2) is 6.10 Å². The zero-order chi connectivity index (χ0) is 21.4. The number of carbonyl (C=O) groups excluding carboxylic acids is 3. The lowest BCUT2D eigenvalue weighted by atomic mass is 10.2. The summed E-state index contributed by atoms with van der Waals surface area (Å²) in [6.45, 7) is 4.79. The van der Waals surface area contributed by atoms with Crippen LogP contribution in [0.25, 0.3) is 0 Å². The van der Waals surface area contributed by atoms with Crippen molar-refractivity contribution in [3.8, 4) is 0 Å². The van der Waals surface area contributed by atoms with Gasteiger partial charge >= 0.3 is 12.0 Å². The number of imide groups is 1. The first-order chi connectivity index (χ1) is 13.7. The maximum atomic E-state index is 12.3. The zero-order valence-corrected chi connectivity index (χ0v) is 17.0. The van der Waals surface area contributed by atoms with Gasteiger partial charge in [-0.05, 0) is 38.0 Å². The Bertz CT molecular complexity index is 878. The van der Waals surface area contributed by atoms with Crippen molar-refractivity contribution in [3.05, 3.63) is 42.5 Å². The molecule has 3 N–H and O–H groups in total. The molecule has 0 unspecified atom stereocenters. The molecule has 1 fully saturated rings. The van der Waals surface area contributed by atoms with E-state index in [0.29, 0.717) is 0 Å². The molecule has 1 aliphatic rings. The highest BCUT2D eigenvalue weighted by Crippen LogP contribution is 2.17. The van der Waals surface area contributed by atoms with Crippen LogP contribution >= 0.6 is 0 Å². The maximum Gasteiger partial charge on any atom is 0.338 e. The Kier molecular flexibility index (Phi) is 7.91. The number of sulfonamides is 1. The van der Waals surface area contributed by atoms with Crippen molar-refractivity contribution in [1.82, 2.24) is 15.4 Å². The molecule has 10 heteroatoms. The summed E-state index contributed by atoms with van der Waals surface area (Å²) < 4.78 is 31.6. The van der Waals surface area contributed by atoms with Gasteiger partial charge in [-0.15, -0.1) is 6.58 Å². The number of nitrogens with one attached hydrogen (secondary N) is 3. The molecule has 0 saturated heterocycles. The van der Waals surface area contributed by atoms with E-state index in [2.05, 4.69) is 21.9 Å². The Hall–Kier alpha value is -2.72. The molecule has 158 valence electrons. The fraction of sp³-hybridized carbons (Fsp3) is 0.421. The summed E-state index contributed by atoms with van der Waals surface area (Å²) in [6, 6.07) is 4.63. The number of carbonyl (C=O) groups is 3. The lowest BCUT2D eigenvalue weighted by Crippen LogP contribution is -2.47. The fourth-order valence-corrected chi connectivity index (χ4v) is 3.87. The number of urea groups is 1. The van der Waals surface area contributed by atoms with Crippen molar-refractivity contribution in [2.24, 2.45) is 0 Å². The summed E-state index contributed by atoms with van der Waals surface area (Å²) in [7, 11) is -3.81. The lowest BCUT2D eigenvalue weighted by Gasteiger charge is -2.15. The molecule has 0 aliphatic heterocycles. The summed E-state index contributed by atoms with van der Waals surface area (Å²) in [5.74, 6) is -1.66. The highest BCUT2D eigenvalue weighted by molar-refractivity contribution is 7.89. The lowest BCUT2D eigenvalue weighted by molar-refractivity contribution is -0.127. The van der Waals surface area contributed by atoms with Gasteiger partial charge in [-0.1, -0.05) is 25.0 Å². The van der Waals surface area contributed by atoms with Gasteiger partial charge < -0.3 is 10.1 Å². The molecule has 0 aromatic heterocycles. The smallest absolute Gasteiger partial charge is 0.338 e. The second-order valence-electron chi connectivity index (χ2n) is 6.66. The van der Waals surface area contributed by atoms with Gasteiger partial charge in [0, 0.05) is 12.6 Å². The monoisotopic (exact) mass is 423 g/mol. The third-order valence-electron chi connectivity index (χ3n) is 4.38. The third-order valence-corrected chi connectivity index (χ3v) is 5.80. The van der Waals surface area contributed by atoms with Crippen LogP contribution in [0.3, 0.4) is 0 Å². The molecule has 3 amide bonds. The summed E-state index contributed by atoms with van der Waals surface area (Å²) in [6.07, 6.45) is 3.95. The van der Waals surface area contributed by atoms with Gasteiger partial charge in [-0.2, -0.15) is 0 Å². The predicted molar refractivity (Wildman–Crippen MR) is 106 cm³/mol. The Morgan fingerprint density at radius 2 is 1.97 bits per heavy atom. The number of amides is 3. The van der Waals surface area contributed by atoms with Crippen LogP contribution in [0.4, 0.5) is 4.79 Å². The van der Waals surface area contributed by atoms with Crippen molar-refractivity contribution in [3.63, 3.8) is 0 Å². The quantitative estimate of drug-likeness (QED) is 0.429. The van der Waals surface area contributed by atoms with Crippen molar-refractivity contribution in [1.29, 1.82) is 0 Å². The van der Waals surface area contributed by atoms with Gasteiger partial charge in [0.2, 0.25) is 10.0 Å². The highest BCUT2D eigenvalue weighted by atomic mass is 32.2. The SMILES string of the molecule is C=CCNS(=O)(=O)c1cccc(C(=O)O[C@H](C)C(=O)NC(=O)NC2CCCC2)c1. The van der Waals surface area contributed by atoms with E-state index in [9.17, 15) is 22.8 Å². The van der Waals surface area contributed by atoms with Crippen LogP contribution in [0, 0.1) is 0 Å². The minimum absolute atomic E-state index is 0.0388. The normalized spacial score (nSPS) is 15.3. The van der Waals surface area contributed by atoms with E-state index in [4.69, 9.17) is 4.74 Å². The van der Waals surface area contributed by atoms with Crippen LogP contribution in [0.2, 0.25) is 0 Å². The summed E-state index contributed by atoms with van der Waals surface area (Å²) in [5, 5.41) is 4.84. The Labute approximate surface area is 169 Å². The Morgan fingerprint density at radius 1 is 1.28 bits per heavy atom. The number of hydrogen-bond donors (Lipinski definition) is 3. The average molecular weight is 423 g/mol. The summed E-state index contributed by atoms with van der Waals surface area (Å²) >= 11 is 0. The third kappa shape index (κ3) is 6.68. The van der Waals surface area contributed by atoms with E-state index in [0.717, 1.165) is 31.7 Å². The van der Waals surface area contributed by atoms with Gasteiger partial charge in [0.05, 0.1) is 10.5 Å². The molecule has 9 nitrogen and oxygen atoms in total. The van der Waals surface area contributed by atoms with Crippen LogP contribution in [0.15, 0.2) is 41.8 Å². The van der Waals surface area contributed by atoms with Crippen LogP contribution in [0.1, 0.15) is 43.0 Å². The standard InChI is InChI=1S/C19H25N3O6S/c1-3-11-20-29(26,27)16-10-6-7-14(12-16)18(24)28-13(2)17(23)22-19(25)21-15-8-4-5-9-15/h3,6-7,10,12-13,15,20H,1,4-5,8-9,11H2,2H3,(H2,21,22,23,25)/t13-/m1/s1. The molecule has 1 aromatic carbocycles. The van der Waals surface area contributed by atoms with Gasteiger partial charge in [0.25, 0.3) is 5.91 Å². The van der Waals surface area contributed by atoms with E-state index >= 15 is 0 Å².